The molecule has 1 unspecified atom stereocenters. The van der Waals surface area contributed by atoms with Crippen molar-refractivity contribution in [1.29, 1.82) is 0 Å². The van der Waals surface area contributed by atoms with Crippen LogP contribution in [-0.4, -0.2) is 29.3 Å². The molecular weight excluding hydrogens is 571 g/mol. The molecule has 1 atom stereocenters. The van der Waals surface area contributed by atoms with Gasteiger partial charge in [-0.15, -0.1) is 23.1 Å². The van der Waals surface area contributed by atoms with E-state index in [9.17, 15) is 9.59 Å². The van der Waals surface area contributed by atoms with Gasteiger partial charge in [-0.1, -0.05) is 54.6 Å². The molecular formula is C32H31N3O3S3. The van der Waals surface area contributed by atoms with Gasteiger partial charge >= 0.3 is 5.97 Å². The van der Waals surface area contributed by atoms with Crippen molar-refractivity contribution in [3.8, 4) is 0 Å². The van der Waals surface area contributed by atoms with E-state index in [0.29, 0.717) is 21.6 Å². The average molecular weight is 602 g/mol. The maximum absolute atomic E-state index is 13.1. The monoisotopic (exact) mass is 601 g/mol. The Labute approximate surface area is 253 Å². The highest BCUT2D eigenvalue weighted by molar-refractivity contribution is 8.00. The number of carbonyl (C=O) groups is 2. The van der Waals surface area contributed by atoms with Crippen molar-refractivity contribution in [2.45, 2.75) is 37.0 Å². The van der Waals surface area contributed by atoms with Crippen LogP contribution in [0, 0.1) is 0 Å². The molecule has 210 valence electrons. The van der Waals surface area contributed by atoms with E-state index in [4.69, 9.17) is 17.0 Å². The standard InChI is InChI=1S/C32H31N3O3S3/c1-2-38-31(37)29-26-17-16-22(21-10-5-3-6-11-21)18-27(26)41-30(29)35-28(36)20-40-25-15-9-14-24(19-25)34-32(39)33-23-12-7-4-8-13-23/h3-15,19,22H,2,16-18,20H2,1H3,(H,35,36)(H2,33,34,39). The number of anilines is 3. The first-order valence-electron chi connectivity index (χ1n) is 13.5. The highest BCUT2D eigenvalue weighted by Crippen LogP contribution is 2.43. The minimum Gasteiger partial charge on any atom is -0.462 e. The van der Waals surface area contributed by atoms with E-state index in [2.05, 4.69) is 40.2 Å². The third-order valence-electron chi connectivity index (χ3n) is 6.76. The number of thioether (sulfide) groups is 1. The lowest BCUT2D eigenvalue weighted by molar-refractivity contribution is -0.113. The maximum atomic E-state index is 13.1. The van der Waals surface area contributed by atoms with Crippen LogP contribution in [0.25, 0.3) is 0 Å². The molecule has 0 aliphatic heterocycles. The minimum atomic E-state index is -0.370. The van der Waals surface area contributed by atoms with Gasteiger partial charge < -0.3 is 20.7 Å². The number of carbonyl (C=O) groups excluding carboxylic acids is 2. The number of para-hydroxylation sites is 1. The Morgan fingerprint density at radius 1 is 0.951 bits per heavy atom. The fourth-order valence-corrected chi connectivity index (χ4v) is 7.22. The van der Waals surface area contributed by atoms with E-state index < -0.39 is 0 Å². The van der Waals surface area contributed by atoms with Crippen LogP contribution in [0.15, 0.2) is 89.8 Å². The van der Waals surface area contributed by atoms with E-state index in [1.165, 1.54) is 28.7 Å². The molecule has 3 aromatic carbocycles. The summed E-state index contributed by atoms with van der Waals surface area (Å²) in [6.45, 7) is 2.08. The molecule has 41 heavy (non-hydrogen) atoms. The van der Waals surface area contributed by atoms with Gasteiger partial charge in [0.15, 0.2) is 5.11 Å². The SMILES string of the molecule is CCOC(=O)c1c(NC(=O)CSc2cccc(NC(=S)Nc3ccccc3)c2)sc2c1CCC(c1ccccc1)C2. The highest BCUT2D eigenvalue weighted by Gasteiger charge is 2.30. The summed E-state index contributed by atoms with van der Waals surface area (Å²) < 4.78 is 5.39. The Bertz CT molecular complexity index is 1520. The topological polar surface area (TPSA) is 79.5 Å². The van der Waals surface area contributed by atoms with Crippen molar-refractivity contribution in [1.82, 2.24) is 0 Å². The lowest BCUT2D eigenvalue weighted by Gasteiger charge is -2.23. The first kappa shape index (κ1) is 28.9. The van der Waals surface area contributed by atoms with Crippen LogP contribution in [-0.2, 0) is 22.4 Å². The van der Waals surface area contributed by atoms with Gasteiger partial charge in [-0.05, 0) is 85.8 Å². The summed E-state index contributed by atoms with van der Waals surface area (Å²) in [7, 11) is 0. The molecule has 1 amide bonds. The largest absolute Gasteiger partial charge is 0.462 e. The maximum Gasteiger partial charge on any atom is 0.341 e. The van der Waals surface area contributed by atoms with Gasteiger partial charge in [0.25, 0.3) is 0 Å². The first-order valence-corrected chi connectivity index (χ1v) is 15.7. The zero-order valence-electron chi connectivity index (χ0n) is 22.6. The number of hydrogen-bond acceptors (Lipinski definition) is 6. The van der Waals surface area contributed by atoms with Crippen molar-refractivity contribution < 1.29 is 14.3 Å². The zero-order valence-corrected chi connectivity index (χ0v) is 25.1. The van der Waals surface area contributed by atoms with Gasteiger partial charge in [0, 0.05) is 21.1 Å². The van der Waals surface area contributed by atoms with E-state index in [1.54, 1.807) is 6.92 Å². The third kappa shape index (κ3) is 7.55. The number of nitrogens with one attached hydrogen (secondary N) is 3. The van der Waals surface area contributed by atoms with Crippen LogP contribution in [0.2, 0.25) is 0 Å². The van der Waals surface area contributed by atoms with Gasteiger partial charge in [0.1, 0.15) is 5.00 Å². The third-order valence-corrected chi connectivity index (χ3v) is 9.13. The quantitative estimate of drug-likeness (QED) is 0.103. The summed E-state index contributed by atoms with van der Waals surface area (Å²) in [5.41, 5.74) is 4.57. The second kappa shape index (κ2) is 13.8. The molecule has 5 rings (SSSR count). The van der Waals surface area contributed by atoms with Gasteiger partial charge in [-0.25, -0.2) is 4.79 Å². The Kier molecular flexibility index (Phi) is 9.71. The molecule has 0 saturated carbocycles. The smallest absolute Gasteiger partial charge is 0.341 e. The van der Waals surface area contributed by atoms with Crippen LogP contribution in [0.3, 0.4) is 0 Å². The number of thiocarbonyl (C=S) groups is 1. The van der Waals surface area contributed by atoms with E-state index >= 15 is 0 Å². The van der Waals surface area contributed by atoms with E-state index in [-0.39, 0.29) is 24.2 Å². The molecule has 1 aliphatic rings. The number of fused-ring (bicyclic) bond motifs is 1. The predicted octanol–water partition coefficient (Wildman–Crippen LogP) is 7.74. The molecule has 0 spiro atoms. The molecule has 0 bridgehead atoms. The molecule has 1 aromatic heterocycles. The fraction of sp³-hybridized carbons (Fsp3) is 0.219. The second-order valence-corrected chi connectivity index (χ2v) is 12.2. The molecule has 0 saturated heterocycles. The van der Waals surface area contributed by atoms with Crippen molar-refractivity contribution in [2.24, 2.45) is 0 Å². The summed E-state index contributed by atoms with van der Waals surface area (Å²) in [5, 5.41) is 10.4. The molecule has 0 fully saturated rings. The normalized spacial score (nSPS) is 14.0. The Balaban J connectivity index is 1.23. The summed E-state index contributed by atoms with van der Waals surface area (Å²) >= 11 is 8.36. The van der Waals surface area contributed by atoms with Crippen molar-refractivity contribution in [3.05, 3.63) is 106 Å². The molecule has 9 heteroatoms. The number of ether oxygens (including phenoxy) is 1. The lowest BCUT2D eigenvalue weighted by atomic mass is 9.83. The molecule has 6 nitrogen and oxygen atoms in total. The van der Waals surface area contributed by atoms with Crippen LogP contribution < -0.4 is 16.0 Å². The first-order chi connectivity index (χ1) is 20.0. The van der Waals surface area contributed by atoms with Gasteiger partial charge in [0.05, 0.1) is 17.9 Å². The second-order valence-electron chi connectivity index (χ2n) is 9.59. The molecule has 1 heterocycles. The minimum absolute atomic E-state index is 0.168. The number of esters is 1. The van der Waals surface area contributed by atoms with Crippen LogP contribution in [0.1, 0.15) is 45.6 Å². The Morgan fingerprint density at radius 3 is 2.41 bits per heavy atom. The lowest BCUT2D eigenvalue weighted by Crippen LogP contribution is -2.19. The Morgan fingerprint density at radius 2 is 1.66 bits per heavy atom. The van der Waals surface area contributed by atoms with Crippen molar-refractivity contribution in [2.75, 3.05) is 28.3 Å². The van der Waals surface area contributed by atoms with Gasteiger partial charge in [-0.2, -0.15) is 0 Å². The molecule has 1 aliphatic carbocycles. The van der Waals surface area contributed by atoms with Crippen LogP contribution >= 0.6 is 35.3 Å². The number of thiophene rings is 1. The number of amides is 1. The zero-order chi connectivity index (χ0) is 28.6. The summed E-state index contributed by atoms with van der Waals surface area (Å²) in [5.74, 6) is 0.0599. The van der Waals surface area contributed by atoms with E-state index in [0.717, 1.165) is 46.0 Å². The summed E-state index contributed by atoms with van der Waals surface area (Å²) in [6, 6.07) is 27.9. The van der Waals surface area contributed by atoms with Gasteiger partial charge in [-0.3, -0.25) is 4.79 Å². The van der Waals surface area contributed by atoms with Crippen LogP contribution in [0.4, 0.5) is 16.4 Å². The van der Waals surface area contributed by atoms with Crippen LogP contribution in [0.5, 0.6) is 0 Å². The van der Waals surface area contributed by atoms with Crippen molar-refractivity contribution in [3.63, 3.8) is 0 Å². The summed E-state index contributed by atoms with van der Waals surface area (Å²) in [6.07, 6.45) is 2.59. The molecule has 4 aromatic rings. The van der Waals surface area contributed by atoms with Crippen molar-refractivity contribution >= 4 is 68.7 Å². The Hall–Kier alpha value is -3.66. The number of hydrogen-bond donors (Lipinski definition) is 3. The molecule has 0 radical (unpaired) electrons. The summed E-state index contributed by atoms with van der Waals surface area (Å²) in [4.78, 5) is 28.1. The number of rotatable bonds is 9. The molecule has 3 N–H and O–H groups in total. The van der Waals surface area contributed by atoms with Gasteiger partial charge in [0.2, 0.25) is 5.91 Å². The van der Waals surface area contributed by atoms with E-state index in [1.807, 2.05) is 60.7 Å². The fourth-order valence-electron chi connectivity index (χ4n) is 4.89. The average Bonchev–Trinajstić information content (AvgIpc) is 3.34. The highest BCUT2D eigenvalue weighted by atomic mass is 32.2. The predicted molar refractivity (Wildman–Crippen MR) is 174 cm³/mol. The number of benzene rings is 3.